The molecule has 1 aliphatic carbocycles. The molecule has 0 spiro atoms. The maximum Gasteiger partial charge on any atom is 0.304 e. The number of anilines is 1. The number of carbonyl (C=O) groups excluding carboxylic acids is 2. The van der Waals surface area contributed by atoms with E-state index >= 15 is 0 Å². The number of para-hydroxylation sites is 1. The van der Waals surface area contributed by atoms with Gasteiger partial charge in [0.2, 0.25) is 11.8 Å². The van der Waals surface area contributed by atoms with Crippen LogP contribution in [0.4, 0.5) is 10.1 Å². The molecule has 1 fully saturated rings. The molecule has 12 heteroatoms. The van der Waals surface area contributed by atoms with Crippen LogP contribution in [0.25, 0.3) is 0 Å². The lowest BCUT2D eigenvalue weighted by Crippen LogP contribution is -2.54. The van der Waals surface area contributed by atoms with Gasteiger partial charge in [0.1, 0.15) is 18.4 Å². The summed E-state index contributed by atoms with van der Waals surface area (Å²) in [5, 5.41) is 3.67. The molecule has 2 amide bonds. The van der Waals surface area contributed by atoms with Crippen LogP contribution in [0.2, 0.25) is 10.0 Å². The van der Waals surface area contributed by atoms with Crippen molar-refractivity contribution in [1.82, 2.24) is 14.5 Å². The maximum atomic E-state index is 14.8. The predicted octanol–water partition coefficient (Wildman–Crippen LogP) is 5.00. The first-order valence-electron chi connectivity index (χ1n) is 12.9. The standard InChI is InChI=1S/C27H35Cl2FN4O4S/c1-4-24(27(36)31-19-11-6-5-7-12-19)33(17-20-21(28)13-10-14-22(20)29)26(35)18-34(39(37,38)32(2)3)25-16-9-8-15-23(25)30/h8-10,13-16,19,24H,4-7,11-12,17-18H2,1-3H3,(H,31,36). The summed E-state index contributed by atoms with van der Waals surface area (Å²) in [6.07, 6.45) is 5.11. The van der Waals surface area contributed by atoms with Crippen LogP contribution in [0.3, 0.4) is 0 Å². The molecule has 1 aliphatic rings. The molecule has 0 aliphatic heterocycles. The lowest BCUT2D eigenvalue weighted by atomic mass is 9.95. The average Bonchev–Trinajstić information content (AvgIpc) is 2.89. The van der Waals surface area contributed by atoms with Crippen molar-refractivity contribution >= 4 is 50.9 Å². The van der Waals surface area contributed by atoms with Crippen LogP contribution in [0.1, 0.15) is 51.0 Å². The van der Waals surface area contributed by atoms with Gasteiger partial charge in [0.05, 0.1) is 5.69 Å². The first-order valence-corrected chi connectivity index (χ1v) is 15.1. The van der Waals surface area contributed by atoms with E-state index in [2.05, 4.69) is 5.32 Å². The van der Waals surface area contributed by atoms with Crippen molar-refractivity contribution in [2.24, 2.45) is 0 Å². The zero-order chi connectivity index (χ0) is 28.7. The Morgan fingerprint density at radius 1 is 1.03 bits per heavy atom. The molecule has 1 unspecified atom stereocenters. The molecule has 39 heavy (non-hydrogen) atoms. The molecule has 0 aromatic heterocycles. The molecule has 0 radical (unpaired) electrons. The van der Waals surface area contributed by atoms with Crippen LogP contribution in [0.5, 0.6) is 0 Å². The number of nitrogens with one attached hydrogen (secondary N) is 1. The average molecular weight is 602 g/mol. The smallest absolute Gasteiger partial charge is 0.304 e. The van der Waals surface area contributed by atoms with Gasteiger partial charge in [-0.15, -0.1) is 0 Å². The van der Waals surface area contributed by atoms with Crippen molar-refractivity contribution in [1.29, 1.82) is 0 Å². The fraction of sp³-hybridized carbons (Fsp3) is 0.481. The number of benzene rings is 2. The Morgan fingerprint density at radius 3 is 2.21 bits per heavy atom. The Labute approximate surface area is 240 Å². The van der Waals surface area contributed by atoms with E-state index in [0.29, 0.717) is 19.9 Å². The van der Waals surface area contributed by atoms with E-state index in [1.807, 2.05) is 0 Å². The maximum absolute atomic E-state index is 14.8. The zero-order valence-electron chi connectivity index (χ0n) is 22.4. The van der Waals surface area contributed by atoms with Gasteiger partial charge < -0.3 is 10.2 Å². The van der Waals surface area contributed by atoms with Gasteiger partial charge in [0, 0.05) is 42.3 Å². The third-order valence-electron chi connectivity index (χ3n) is 6.87. The van der Waals surface area contributed by atoms with E-state index in [1.54, 1.807) is 25.1 Å². The van der Waals surface area contributed by atoms with Crippen molar-refractivity contribution in [3.63, 3.8) is 0 Å². The largest absolute Gasteiger partial charge is 0.352 e. The molecule has 1 saturated carbocycles. The monoisotopic (exact) mass is 600 g/mol. The Hall–Kier alpha value is -2.40. The lowest BCUT2D eigenvalue weighted by Gasteiger charge is -2.35. The highest BCUT2D eigenvalue weighted by Crippen LogP contribution is 2.29. The molecule has 2 aromatic carbocycles. The van der Waals surface area contributed by atoms with Gasteiger partial charge in [0.15, 0.2) is 0 Å². The zero-order valence-corrected chi connectivity index (χ0v) is 24.7. The molecular formula is C27H35Cl2FN4O4S. The second kappa shape index (κ2) is 13.8. The minimum Gasteiger partial charge on any atom is -0.352 e. The lowest BCUT2D eigenvalue weighted by molar-refractivity contribution is -0.140. The van der Waals surface area contributed by atoms with E-state index in [0.717, 1.165) is 42.5 Å². The molecule has 0 bridgehead atoms. The van der Waals surface area contributed by atoms with Crippen molar-refractivity contribution in [2.75, 3.05) is 24.9 Å². The van der Waals surface area contributed by atoms with E-state index in [9.17, 15) is 22.4 Å². The Balaban J connectivity index is 2.01. The first-order chi connectivity index (χ1) is 18.5. The molecule has 0 saturated heterocycles. The minimum atomic E-state index is -4.28. The number of amides is 2. The van der Waals surface area contributed by atoms with E-state index in [4.69, 9.17) is 23.2 Å². The van der Waals surface area contributed by atoms with Crippen LogP contribution in [0, 0.1) is 5.82 Å². The van der Waals surface area contributed by atoms with Crippen LogP contribution in [-0.4, -0.2) is 62.2 Å². The molecule has 1 atom stereocenters. The van der Waals surface area contributed by atoms with E-state index in [-0.39, 0.29) is 30.6 Å². The second-order valence-corrected chi connectivity index (χ2v) is 12.6. The number of carbonyl (C=O) groups is 2. The summed E-state index contributed by atoms with van der Waals surface area (Å²) in [4.78, 5) is 28.7. The van der Waals surface area contributed by atoms with Gasteiger partial charge >= 0.3 is 10.2 Å². The summed E-state index contributed by atoms with van der Waals surface area (Å²) >= 11 is 12.8. The summed E-state index contributed by atoms with van der Waals surface area (Å²) in [5.41, 5.74) is 0.140. The van der Waals surface area contributed by atoms with Gasteiger partial charge in [0.25, 0.3) is 0 Å². The molecular weight excluding hydrogens is 566 g/mol. The predicted molar refractivity (Wildman–Crippen MR) is 152 cm³/mol. The number of hydrogen-bond donors (Lipinski definition) is 1. The van der Waals surface area contributed by atoms with Crippen LogP contribution in [-0.2, 0) is 26.3 Å². The summed E-state index contributed by atoms with van der Waals surface area (Å²) in [5.74, 6) is -1.85. The molecule has 2 aromatic rings. The Morgan fingerprint density at radius 2 is 1.64 bits per heavy atom. The van der Waals surface area contributed by atoms with Crippen molar-refractivity contribution in [3.8, 4) is 0 Å². The van der Waals surface area contributed by atoms with Gasteiger partial charge in [-0.3, -0.25) is 9.59 Å². The van der Waals surface area contributed by atoms with Gasteiger partial charge in [-0.1, -0.05) is 67.6 Å². The molecule has 8 nitrogen and oxygen atoms in total. The minimum absolute atomic E-state index is 0.00480. The fourth-order valence-electron chi connectivity index (χ4n) is 4.67. The second-order valence-electron chi connectivity index (χ2n) is 9.74. The van der Waals surface area contributed by atoms with Gasteiger partial charge in [-0.2, -0.15) is 12.7 Å². The topological polar surface area (TPSA) is 90.0 Å². The molecule has 1 N–H and O–H groups in total. The van der Waals surface area contributed by atoms with E-state index in [1.165, 1.54) is 37.2 Å². The van der Waals surface area contributed by atoms with E-state index < -0.39 is 34.5 Å². The van der Waals surface area contributed by atoms with Gasteiger partial charge in [-0.05, 0) is 43.5 Å². The quantitative estimate of drug-likeness (QED) is 0.393. The fourth-order valence-corrected chi connectivity index (χ4v) is 6.25. The highest BCUT2D eigenvalue weighted by Gasteiger charge is 2.35. The third-order valence-corrected chi connectivity index (χ3v) is 9.38. The van der Waals surface area contributed by atoms with Crippen molar-refractivity contribution < 1.29 is 22.4 Å². The summed E-state index contributed by atoms with van der Waals surface area (Å²) < 4.78 is 42.9. The first kappa shape index (κ1) is 31.1. The Kier molecular flexibility index (Phi) is 11.0. The third kappa shape index (κ3) is 7.63. The van der Waals surface area contributed by atoms with Crippen molar-refractivity contribution in [2.45, 2.75) is 64.1 Å². The highest BCUT2D eigenvalue weighted by molar-refractivity contribution is 7.90. The van der Waals surface area contributed by atoms with Crippen LogP contribution in [0.15, 0.2) is 42.5 Å². The molecule has 214 valence electrons. The van der Waals surface area contributed by atoms with Gasteiger partial charge in [-0.25, -0.2) is 8.70 Å². The van der Waals surface area contributed by atoms with Crippen LogP contribution >= 0.6 is 23.2 Å². The highest BCUT2D eigenvalue weighted by atomic mass is 35.5. The summed E-state index contributed by atoms with van der Waals surface area (Å²) in [7, 11) is -1.70. The summed E-state index contributed by atoms with van der Waals surface area (Å²) in [6.45, 7) is 0.891. The van der Waals surface area contributed by atoms with Crippen molar-refractivity contribution in [3.05, 3.63) is 63.9 Å². The number of halogens is 3. The molecule has 0 heterocycles. The molecule has 3 rings (SSSR count). The normalized spacial score (nSPS) is 15.2. The number of rotatable bonds is 11. The number of nitrogens with zero attached hydrogens (tertiary/aromatic N) is 3. The SMILES string of the molecule is CCC(C(=O)NC1CCCCC1)N(Cc1c(Cl)cccc1Cl)C(=O)CN(c1ccccc1F)S(=O)(=O)N(C)C. The Bertz CT molecular complexity index is 1250. The number of hydrogen-bond acceptors (Lipinski definition) is 4. The summed E-state index contributed by atoms with van der Waals surface area (Å²) in [6, 6.07) is 9.29. The van der Waals surface area contributed by atoms with Crippen LogP contribution < -0.4 is 9.62 Å².